The van der Waals surface area contributed by atoms with Crippen molar-refractivity contribution in [3.8, 4) is 0 Å². The van der Waals surface area contributed by atoms with Crippen molar-refractivity contribution < 1.29 is 8.78 Å². The van der Waals surface area contributed by atoms with E-state index in [1.54, 1.807) is 0 Å². The second kappa shape index (κ2) is 4.52. The van der Waals surface area contributed by atoms with E-state index in [0.29, 0.717) is 11.8 Å². The first-order chi connectivity index (χ1) is 9.63. The van der Waals surface area contributed by atoms with Crippen molar-refractivity contribution in [1.29, 1.82) is 0 Å². The van der Waals surface area contributed by atoms with Crippen LogP contribution in [-0.2, 0) is 0 Å². The predicted molar refractivity (Wildman–Crippen MR) is 73.8 cm³/mol. The quantitative estimate of drug-likeness (QED) is 0.867. The molecule has 0 amide bonds. The van der Waals surface area contributed by atoms with Crippen LogP contribution in [0.15, 0.2) is 18.2 Å². The Hall–Kier alpha value is -0.960. The molecule has 20 heavy (non-hydrogen) atoms. The lowest BCUT2D eigenvalue weighted by Crippen LogP contribution is -2.49. The van der Waals surface area contributed by atoms with E-state index in [2.05, 4.69) is 0 Å². The maximum Gasteiger partial charge on any atom is 0.130 e. The van der Waals surface area contributed by atoms with Gasteiger partial charge in [0.15, 0.2) is 0 Å². The summed E-state index contributed by atoms with van der Waals surface area (Å²) in [5.74, 6) is 2.19. The standard InChI is InChI=1S/C17H21F2N/c18-13-2-1-3-14(19)16(13)17(20)15-11-5-9-4-10(7-11)8-12(15)6-9/h1-3,9-12,15,17H,4-8,20H2. The van der Waals surface area contributed by atoms with E-state index in [4.69, 9.17) is 5.73 Å². The van der Waals surface area contributed by atoms with Crippen LogP contribution in [0.3, 0.4) is 0 Å². The molecule has 4 bridgehead atoms. The van der Waals surface area contributed by atoms with Gasteiger partial charge in [0.2, 0.25) is 0 Å². The highest BCUT2D eigenvalue weighted by Gasteiger charge is 2.50. The summed E-state index contributed by atoms with van der Waals surface area (Å²) in [5.41, 5.74) is 6.46. The van der Waals surface area contributed by atoms with Crippen molar-refractivity contribution in [2.45, 2.75) is 38.1 Å². The smallest absolute Gasteiger partial charge is 0.130 e. The highest BCUT2D eigenvalue weighted by atomic mass is 19.1. The Morgan fingerprint density at radius 3 is 1.90 bits per heavy atom. The van der Waals surface area contributed by atoms with Crippen molar-refractivity contribution >= 4 is 0 Å². The highest BCUT2D eigenvalue weighted by molar-refractivity contribution is 5.25. The lowest BCUT2D eigenvalue weighted by molar-refractivity contribution is -0.0479. The van der Waals surface area contributed by atoms with Crippen molar-refractivity contribution in [3.05, 3.63) is 35.4 Å². The predicted octanol–water partition coefficient (Wildman–Crippen LogP) is 4.04. The SMILES string of the molecule is NC(c1c(F)cccc1F)C1C2CC3CC(C2)CC1C3. The van der Waals surface area contributed by atoms with Gasteiger partial charge in [0.05, 0.1) is 0 Å². The van der Waals surface area contributed by atoms with Crippen LogP contribution in [0.2, 0.25) is 0 Å². The second-order valence-electron chi connectivity index (χ2n) is 7.17. The Labute approximate surface area is 118 Å². The van der Waals surface area contributed by atoms with Gasteiger partial charge in [-0.25, -0.2) is 8.78 Å². The van der Waals surface area contributed by atoms with Gasteiger partial charge in [-0.2, -0.15) is 0 Å². The molecule has 4 aliphatic rings. The fraction of sp³-hybridized carbons (Fsp3) is 0.647. The number of hydrogen-bond acceptors (Lipinski definition) is 1. The van der Waals surface area contributed by atoms with Crippen LogP contribution in [0.25, 0.3) is 0 Å². The number of hydrogen-bond donors (Lipinski definition) is 1. The highest BCUT2D eigenvalue weighted by Crippen LogP contribution is 2.59. The van der Waals surface area contributed by atoms with Crippen LogP contribution in [0.4, 0.5) is 8.78 Å². The van der Waals surface area contributed by atoms with Crippen molar-refractivity contribution in [2.24, 2.45) is 35.3 Å². The van der Waals surface area contributed by atoms with Gasteiger partial charge < -0.3 is 5.73 Å². The molecule has 1 unspecified atom stereocenters. The van der Waals surface area contributed by atoms with Crippen LogP contribution in [0.1, 0.15) is 43.7 Å². The molecular weight excluding hydrogens is 256 g/mol. The van der Waals surface area contributed by atoms with Gasteiger partial charge in [-0.3, -0.25) is 0 Å². The van der Waals surface area contributed by atoms with Gasteiger partial charge in [0, 0.05) is 11.6 Å². The fourth-order valence-electron chi connectivity index (χ4n) is 5.58. The van der Waals surface area contributed by atoms with E-state index < -0.39 is 17.7 Å². The minimum absolute atomic E-state index is 0.116. The zero-order chi connectivity index (χ0) is 13.9. The van der Waals surface area contributed by atoms with Crippen molar-refractivity contribution in [1.82, 2.24) is 0 Å². The number of rotatable bonds is 2. The molecule has 0 aromatic heterocycles. The van der Waals surface area contributed by atoms with Gasteiger partial charge in [-0.1, -0.05) is 6.07 Å². The first kappa shape index (κ1) is 12.8. The van der Waals surface area contributed by atoms with E-state index in [9.17, 15) is 8.78 Å². The third-order valence-electron chi connectivity index (χ3n) is 6.05. The minimum atomic E-state index is -0.480. The van der Waals surface area contributed by atoms with E-state index in [1.165, 1.54) is 50.3 Å². The first-order valence-corrected chi connectivity index (χ1v) is 7.83. The van der Waals surface area contributed by atoms with Crippen LogP contribution in [0.5, 0.6) is 0 Å². The third kappa shape index (κ3) is 1.82. The maximum absolute atomic E-state index is 14.0. The summed E-state index contributed by atoms with van der Waals surface area (Å²) in [6.07, 6.45) is 6.27. The summed E-state index contributed by atoms with van der Waals surface area (Å²) in [6, 6.07) is 3.59. The molecular formula is C17H21F2N. The summed E-state index contributed by atoms with van der Waals surface area (Å²) in [7, 11) is 0. The molecule has 1 aromatic carbocycles. The molecule has 4 fully saturated rings. The largest absolute Gasteiger partial charge is 0.324 e. The van der Waals surface area contributed by atoms with E-state index in [-0.39, 0.29) is 11.5 Å². The van der Waals surface area contributed by atoms with Crippen LogP contribution in [-0.4, -0.2) is 0 Å². The maximum atomic E-state index is 14.0. The van der Waals surface area contributed by atoms with Crippen molar-refractivity contribution in [2.75, 3.05) is 0 Å². The molecule has 2 N–H and O–H groups in total. The molecule has 108 valence electrons. The van der Waals surface area contributed by atoms with Gasteiger partial charge in [-0.15, -0.1) is 0 Å². The number of benzene rings is 1. The lowest BCUT2D eigenvalue weighted by atomic mass is 9.50. The molecule has 4 saturated carbocycles. The van der Waals surface area contributed by atoms with E-state index in [0.717, 1.165) is 11.8 Å². The normalized spacial score (nSPS) is 40.0. The molecule has 0 heterocycles. The van der Waals surface area contributed by atoms with E-state index >= 15 is 0 Å². The third-order valence-corrected chi connectivity index (χ3v) is 6.05. The number of halogens is 2. The van der Waals surface area contributed by atoms with Crippen molar-refractivity contribution in [3.63, 3.8) is 0 Å². The lowest BCUT2D eigenvalue weighted by Gasteiger charge is -2.56. The Kier molecular flexibility index (Phi) is 2.88. The molecule has 1 nitrogen and oxygen atoms in total. The summed E-state index contributed by atoms with van der Waals surface area (Å²) < 4.78 is 28.0. The molecule has 0 aliphatic heterocycles. The average molecular weight is 277 g/mol. The minimum Gasteiger partial charge on any atom is -0.324 e. The monoisotopic (exact) mass is 277 g/mol. The average Bonchev–Trinajstić information content (AvgIpc) is 2.37. The zero-order valence-electron chi connectivity index (χ0n) is 11.6. The summed E-state index contributed by atoms with van der Waals surface area (Å²) >= 11 is 0. The van der Waals surface area contributed by atoms with E-state index in [1.807, 2.05) is 0 Å². The molecule has 1 aromatic rings. The Morgan fingerprint density at radius 1 is 0.900 bits per heavy atom. The molecule has 5 rings (SSSR count). The zero-order valence-corrected chi connectivity index (χ0v) is 11.6. The molecule has 0 spiro atoms. The van der Waals surface area contributed by atoms with Gasteiger partial charge in [0.1, 0.15) is 11.6 Å². The van der Waals surface area contributed by atoms with Gasteiger partial charge in [-0.05, 0) is 73.8 Å². The van der Waals surface area contributed by atoms with Gasteiger partial charge >= 0.3 is 0 Å². The summed E-state index contributed by atoms with van der Waals surface area (Å²) in [4.78, 5) is 0. The first-order valence-electron chi connectivity index (χ1n) is 7.83. The summed E-state index contributed by atoms with van der Waals surface area (Å²) in [5, 5.41) is 0. The van der Waals surface area contributed by atoms with Gasteiger partial charge in [0.25, 0.3) is 0 Å². The number of nitrogens with two attached hydrogens (primary N) is 1. The van der Waals surface area contributed by atoms with Crippen LogP contribution in [0, 0.1) is 41.2 Å². The molecule has 0 saturated heterocycles. The van der Waals surface area contributed by atoms with Crippen LogP contribution < -0.4 is 5.73 Å². The molecule has 4 aliphatic carbocycles. The Morgan fingerprint density at radius 2 is 1.40 bits per heavy atom. The molecule has 1 atom stereocenters. The van der Waals surface area contributed by atoms with Crippen LogP contribution >= 0.6 is 0 Å². The Balaban J connectivity index is 1.67. The topological polar surface area (TPSA) is 26.0 Å². The molecule has 0 radical (unpaired) electrons. The second-order valence-corrected chi connectivity index (χ2v) is 7.17. The Bertz CT molecular complexity index is 479. The summed E-state index contributed by atoms with van der Waals surface area (Å²) in [6.45, 7) is 0. The molecule has 3 heteroatoms. The fourth-order valence-corrected chi connectivity index (χ4v) is 5.58.